The van der Waals surface area contributed by atoms with Gasteiger partial charge >= 0.3 is 0 Å². The third-order valence-corrected chi connectivity index (χ3v) is 4.19. The van der Waals surface area contributed by atoms with E-state index in [-0.39, 0.29) is 0 Å². The first-order valence-electron chi connectivity index (χ1n) is 4.30. The fraction of sp³-hybridized carbons (Fsp3) is 0.200. The lowest BCUT2D eigenvalue weighted by Gasteiger charge is -1.99. The molecule has 0 aromatic carbocycles. The van der Waals surface area contributed by atoms with E-state index in [0.29, 0.717) is 0 Å². The monoisotopic (exact) mass is 287 g/mol. The van der Waals surface area contributed by atoms with Crippen LogP contribution >= 0.6 is 38.6 Å². The van der Waals surface area contributed by atoms with Gasteiger partial charge in [-0.05, 0) is 50.5 Å². The molecular weight excluding hydrogens is 278 g/mol. The Kier molecular flexibility index (Phi) is 3.75. The summed E-state index contributed by atoms with van der Waals surface area (Å²) in [4.78, 5) is 1.37. The van der Waals surface area contributed by atoms with Crippen molar-refractivity contribution in [3.63, 3.8) is 0 Å². The van der Waals surface area contributed by atoms with Crippen molar-refractivity contribution in [3.05, 3.63) is 43.2 Å². The molecule has 0 bridgehead atoms. The minimum Gasteiger partial charge on any atom is -0.308 e. The molecule has 2 aromatic rings. The number of nitrogens with one attached hydrogen (secondary N) is 1. The van der Waals surface area contributed by atoms with Gasteiger partial charge in [0.25, 0.3) is 0 Å². The molecule has 0 fully saturated rings. The largest absolute Gasteiger partial charge is 0.308 e. The Bertz CT molecular complexity index is 380. The molecule has 0 saturated carbocycles. The van der Waals surface area contributed by atoms with Gasteiger partial charge in [-0.15, -0.1) is 11.3 Å². The van der Waals surface area contributed by atoms with E-state index in [1.54, 1.807) is 22.7 Å². The highest BCUT2D eigenvalue weighted by molar-refractivity contribution is 9.11. The first-order chi connectivity index (χ1) is 6.84. The summed E-state index contributed by atoms with van der Waals surface area (Å²) < 4.78 is 1.20. The molecule has 0 spiro atoms. The maximum Gasteiger partial charge on any atom is 0.0701 e. The highest BCUT2D eigenvalue weighted by Gasteiger charge is 1.97. The molecule has 0 atom stereocenters. The Balaban J connectivity index is 1.78. The summed E-state index contributed by atoms with van der Waals surface area (Å²) in [5.74, 6) is 0. The van der Waals surface area contributed by atoms with Crippen molar-refractivity contribution in [3.8, 4) is 0 Å². The maximum absolute atomic E-state index is 3.46. The molecule has 2 heterocycles. The van der Waals surface area contributed by atoms with Gasteiger partial charge in [-0.3, -0.25) is 0 Å². The number of hydrogen-bond acceptors (Lipinski definition) is 3. The minimum atomic E-state index is 0.951. The van der Waals surface area contributed by atoms with Crippen molar-refractivity contribution in [2.24, 2.45) is 0 Å². The van der Waals surface area contributed by atoms with Crippen molar-refractivity contribution >= 4 is 38.6 Å². The molecule has 0 saturated heterocycles. The molecule has 0 radical (unpaired) electrons. The van der Waals surface area contributed by atoms with Crippen LogP contribution in [0.15, 0.2) is 32.7 Å². The first-order valence-corrected chi connectivity index (χ1v) is 6.86. The van der Waals surface area contributed by atoms with Crippen LogP contribution in [0.5, 0.6) is 0 Å². The standard InChI is InChI=1S/C10H10BrNS2/c11-10-2-1-9(14-10)6-12-5-8-3-4-13-7-8/h1-4,7,12H,5-6H2. The van der Waals surface area contributed by atoms with Gasteiger partial charge in [-0.1, -0.05) is 0 Å². The second kappa shape index (κ2) is 5.07. The van der Waals surface area contributed by atoms with E-state index in [4.69, 9.17) is 0 Å². The lowest BCUT2D eigenvalue weighted by molar-refractivity contribution is 0.702. The van der Waals surface area contributed by atoms with Gasteiger partial charge in [-0.2, -0.15) is 11.3 Å². The van der Waals surface area contributed by atoms with Crippen LogP contribution in [-0.4, -0.2) is 0 Å². The van der Waals surface area contributed by atoms with E-state index in [9.17, 15) is 0 Å². The van der Waals surface area contributed by atoms with Gasteiger partial charge in [-0.25, -0.2) is 0 Å². The van der Waals surface area contributed by atoms with Gasteiger partial charge in [0.2, 0.25) is 0 Å². The molecular formula is C10H10BrNS2. The topological polar surface area (TPSA) is 12.0 Å². The predicted molar refractivity (Wildman–Crippen MR) is 66.9 cm³/mol. The molecule has 2 aromatic heterocycles. The highest BCUT2D eigenvalue weighted by atomic mass is 79.9. The Morgan fingerprint density at radius 3 is 2.79 bits per heavy atom. The molecule has 1 N–H and O–H groups in total. The number of halogens is 1. The van der Waals surface area contributed by atoms with E-state index < -0.39 is 0 Å². The molecule has 74 valence electrons. The average molecular weight is 288 g/mol. The lowest BCUT2D eigenvalue weighted by atomic mass is 10.3. The van der Waals surface area contributed by atoms with E-state index >= 15 is 0 Å². The fourth-order valence-electron chi connectivity index (χ4n) is 1.17. The van der Waals surface area contributed by atoms with Crippen molar-refractivity contribution in [1.82, 2.24) is 5.32 Å². The van der Waals surface area contributed by atoms with E-state index in [1.165, 1.54) is 14.2 Å². The Hall–Kier alpha value is -0.160. The molecule has 0 aliphatic rings. The normalized spacial score (nSPS) is 10.6. The zero-order valence-corrected chi connectivity index (χ0v) is 10.7. The second-order valence-corrected chi connectivity index (χ2v) is 6.27. The molecule has 0 aliphatic carbocycles. The average Bonchev–Trinajstić information content (AvgIpc) is 2.77. The minimum absolute atomic E-state index is 0.951. The van der Waals surface area contributed by atoms with Crippen LogP contribution in [0.1, 0.15) is 10.4 Å². The molecule has 0 unspecified atom stereocenters. The molecule has 4 heteroatoms. The summed E-state index contributed by atoms with van der Waals surface area (Å²) in [5.41, 5.74) is 1.37. The molecule has 0 aliphatic heterocycles. The van der Waals surface area contributed by atoms with Crippen molar-refractivity contribution < 1.29 is 0 Å². The summed E-state index contributed by atoms with van der Waals surface area (Å²) in [5, 5.41) is 7.70. The Morgan fingerprint density at radius 2 is 2.14 bits per heavy atom. The highest BCUT2D eigenvalue weighted by Crippen LogP contribution is 2.21. The smallest absolute Gasteiger partial charge is 0.0701 e. The lowest BCUT2D eigenvalue weighted by Crippen LogP contribution is -2.10. The Morgan fingerprint density at radius 1 is 1.21 bits per heavy atom. The van der Waals surface area contributed by atoms with E-state index in [1.807, 2.05) is 0 Å². The van der Waals surface area contributed by atoms with Crippen molar-refractivity contribution in [2.75, 3.05) is 0 Å². The number of rotatable bonds is 4. The zero-order valence-electron chi connectivity index (χ0n) is 7.50. The SMILES string of the molecule is Brc1ccc(CNCc2ccsc2)s1. The van der Waals surface area contributed by atoms with Crippen LogP contribution in [0.3, 0.4) is 0 Å². The van der Waals surface area contributed by atoms with Gasteiger partial charge in [0.1, 0.15) is 0 Å². The number of hydrogen-bond donors (Lipinski definition) is 1. The second-order valence-electron chi connectivity index (χ2n) is 2.94. The van der Waals surface area contributed by atoms with Crippen LogP contribution < -0.4 is 5.32 Å². The van der Waals surface area contributed by atoms with Crippen LogP contribution in [0, 0.1) is 0 Å². The predicted octanol–water partition coefficient (Wildman–Crippen LogP) is 3.86. The van der Waals surface area contributed by atoms with Crippen LogP contribution in [0.4, 0.5) is 0 Å². The fourth-order valence-corrected chi connectivity index (χ4v) is 3.29. The molecule has 14 heavy (non-hydrogen) atoms. The Labute approximate surface area is 99.9 Å². The maximum atomic E-state index is 3.46. The molecule has 1 nitrogen and oxygen atoms in total. The first kappa shape index (κ1) is 10.4. The summed E-state index contributed by atoms with van der Waals surface area (Å²) in [6, 6.07) is 6.39. The van der Waals surface area contributed by atoms with Crippen LogP contribution in [0.2, 0.25) is 0 Å². The third kappa shape index (κ3) is 2.92. The summed E-state index contributed by atoms with van der Waals surface area (Å²) >= 11 is 6.98. The quantitative estimate of drug-likeness (QED) is 0.900. The van der Waals surface area contributed by atoms with Gasteiger partial charge in [0.15, 0.2) is 0 Å². The summed E-state index contributed by atoms with van der Waals surface area (Å²) in [6.07, 6.45) is 0. The molecule has 2 rings (SSSR count). The zero-order chi connectivity index (χ0) is 9.80. The van der Waals surface area contributed by atoms with Crippen LogP contribution in [-0.2, 0) is 13.1 Å². The third-order valence-electron chi connectivity index (χ3n) is 1.84. The summed E-state index contributed by atoms with van der Waals surface area (Å²) in [7, 11) is 0. The van der Waals surface area contributed by atoms with E-state index in [2.05, 4.69) is 50.2 Å². The molecule has 0 amide bonds. The van der Waals surface area contributed by atoms with Crippen LogP contribution in [0.25, 0.3) is 0 Å². The van der Waals surface area contributed by atoms with Gasteiger partial charge in [0, 0.05) is 18.0 Å². The van der Waals surface area contributed by atoms with Gasteiger partial charge in [0.05, 0.1) is 3.79 Å². The summed E-state index contributed by atoms with van der Waals surface area (Å²) in [6.45, 7) is 1.91. The number of thiophene rings is 2. The van der Waals surface area contributed by atoms with Gasteiger partial charge < -0.3 is 5.32 Å². The van der Waals surface area contributed by atoms with Crippen molar-refractivity contribution in [2.45, 2.75) is 13.1 Å². The van der Waals surface area contributed by atoms with E-state index in [0.717, 1.165) is 13.1 Å². The van der Waals surface area contributed by atoms with Crippen molar-refractivity contribution in [1.29, 1.82) is 0 Å².